The number of halogens is 1. The lowest BCUT2D eigenvalue weighted by atomic mass is 10.2. The fourth-order valence-electron chi connectivity index (χ4n) is 2.85. The second-order valence-electron chi connectivity index (χ2n) is 5.81. The van der Waals surface area contributed by atoms with Gasteiger partial charge in [0, 0.05) is 11.6 Å². The molecule has 0 atom stereocenters. The molecule has 3 aromatic rings. The molecule has 4 rings (SSSR count). The van der Waals surface area contributed by atoms with E-state index in [1.165, 1.54) is 18.2 Å². The number of fused-ring (bicyclic) bond motifs is 1. The largest absolute Gasteiger partial charge is 0.345 e. The van der Waals surface area contributed by atoms with Crippen molar-refractivity contribution in [3.63, 3.8) is 0 Å². The van der Waals surface area contributed by atoms with E-state index in [4.69, 9.17) is 0 Å². The monoisotopic (exact) mass is 309 g/mol. The molecule has 1 amide bonds. The van der Waals surface area contributed by atoms with Crippen molar-refractivity contribution >= 4 is 16.9 Å². The summed E-state index contributed by atoms with van der Waals surface area (Å²) in [5.41, 5.74) is 2.36. The van der Waals surface area contributed by atoms with E-state index in [-0.39, 0.29) is 5.91 Å². The maximum absolute atomic E-state index is 13.2. The van der Waals surface area contributed by atoms with E-state index in [1.807, 2.05) is 18.2 Å². The number of imidazole rings is 1. The molecule has 116 valence electrons. The van der Waals surface area contributed by atoms with Gasteiger partial charge in [0.1, 0.15) is 11.6 Å². The van der Waals surface area contributed by atoms with E-state index < -0.39 is 5.82 Å². The Hall–Kier alpha value is -2.69. The summed E-state index contributed by atoms with van der Waals surface area (Å²) in [7, 11) is 0. The topological polar surface area (TPSA) is 46.9 Å². The number of nitrogens with one attached hydrogen (secondary N) is 1. The average molecular weight is 309 g/mol. The van der Waals surface area contributed by atoms with Gasteiger partial charge >= 0.3 is 0 Å². The quantitative estimate of drug-likeness (QED) is 0.802. The summed E-state index contributed by atoms with van der Waals surface area (Å²) in [6.07, 6.45) is 2.29. The second-order valence-corrected chi connectivity index (χ2v) is 5.81. The minimum absolute atomic E-state index is 0.293. The van der Waals surface area contributed by atoms with Crippen LogP contribution in [0.3, 0.4) is 0 Å². The van der Waals surface area contributed by atoms with Crippen molar-refractivity contribution in [3.05, 3.63) is 65.7 Å². The Bertz CT molecular complexity index is 883. The molecule has 2 aromatic carbocycles. The minimum atomic E-state index is -0.414. The van der Waals surface area contributed by atoms with Gasteiger partial charge in [-0.05, 0) is 43.2 Å². The van der Waals surface area contributed by atoms with E-state index in [0.717, 1.165) is 29.7 Å². The Balaban J connectivity index is 1.58. The van der Waals surface area contributed by atoms with Crippen LogP contribution in [-0.2, 0) is 6.54 Å². The van der Waals surface area contributed by atoms with Crippen molar-refractivity contribution in [2.24, 2.45) is 0 Å². The second kappa shape index (κ2) is 5.50. The third-order valence-corrected chi connectivity index (χ3v) is 4.07. The Morgan fingerprint density at radius 2 is 2.04 bits per heavy atom. The first-order chi connectivity index (χ1) is 11.2. The maximum Gasteiger partial charge on any atom is 0.251 e. The molecule has 1 fully saturated rings. The molecule has 1 N–H and O–H groups in total. The van der Waals surface area contributed by atoms with Crippen LogP contribution in [-0.4, -0.2) is 15.5 Å². The van der Waals surface area contributed by atoms with Gasteiger partial charge in [-0.1, -0.05) is 18.2 Å². The number of rotatable bonds is 4. The Morgan fingerprint density at radius 1 is 1.22 bits per heavy atom. The molecule has 0 saturated heterocycles. The van der Waals surface area contributed by atoms with Crippen LogP contribution in [0.1, 0.15) is 35.1 Å². The van der Waals surface area contributed by atoms with Crippen molar-refractivity contribution < 1.29 is 9.18 Å². The molecule has 0 aliphatic heterocycles. The number of carbonyl (C=O) groups is 1. The van der Waals surface area contributed by atoms with Crippen LogP contribution in [0.15, 0.2) is 48.5 Å². The fraction of sp³-hybridized carbons (Fsp3) is 0.222. The van der Waals surface area contributed by atoms with Gasteiger partial charge in [-0.3, -0.25) is 4.79 Å². The van der Waals surface area contributed by atoms with Crippen molar-refractivity contribution in [3.8, 4) is 0 Å². The van der Waals surface area contributed by atoms with Gasteiger partial charge < -0.3 is 9.88 Å². The highest BCUT2D eigenvalue weighted by Gasteiger charge is 2.28. The highest BCUT2D eigenvalue weighted by Crippen LogP contribution is 2.38. The van der Waals surface area contributed by atoms with Crippen molar-refractivity contribution in [1.82, 2.24) is 14.9 Å². The number of para-hydroxylation sites is 2. The average Bonchev–Trinajstić information content (AvgIpc) is 3.33. The van der Waals surface area contributed by atoms with Gasteiger partial charge in [-0.15, -0.1) is 0 Å². The lowest BCUT2D eigenvalue weighted by Gasteiger charge is -2.09. The molecule has 1 saturated carbocycles. The smallest absolute Gasteiger partial charge is 0.251 e. The summed E-state index contributed by atoms with van der Waals surface area (Å²) in [5.74, 6) is 0.139. The Morgan fingerprint density at radius 3 is 2.83 bits per heavy atom. The molecule has 0 spiro atoms. The van der Waals surface area contributed by atoms with E-state index in [9.17, 15) is 9.18 Å². The van der Waals surface area contributed by atoms with E-state index in [1.54, 1.807) is 6.07 Å². The predicted octanol–water partition coefficient (Wildman–Crippen LogP) is 3.44. The first kappa shape index (κ1) is 13.9. The fourth-order valence-corrected chi connectivity index (χ4v) is 2.85. The van der Waals surface area contributed by atoms with Crippen LogP contribution in [0.4, 0.5) is 4.39 Å². The summed E-state index contributed by atoms with van der Waals surface area (Å²) in [4.78, 5) is 16.8. The van der Waals surface area contributed by atoms with Gasteiger partial charge in [0.2, 0.25) is 0 Å². The van der Waals surface area contributed by atoms with Crippen LogP contribution in [0.5, 0.6) is 0 Å². The normalized spacial score (nSPS) is 14.1. The van der Waals surface area contributed by atoms with Crippen LogP contribution in [0.2, 0.25) is 0 Å². The van der Waals surface area contributed by atoms with Crippen LogP contribution in [0.25, 0.3) is 11.0 Å². The molecule has 1 aliphatic rings. The molecule has 4 nitrogen and oxygen atoms in total. The number of aromatic nitrogens is 2. The molecule has 1 aromatic heterocycles. The minimum Gasteiger partial charge on any atom is -0.345 e. The molecule has 0 bridgehead atoms. The lowest BCUT2D eigenvalue weighted by Crippen LogP contribution is -2.24. The van der Waals surface area contributed by atoms with E-state index >= 15 is 0 Å². The van der Waals surface area contributed by atoms with Crippen molar-refractivity contribution in [2.75, 3.05) is 0 Å². The molecular formula is C18H16FN3O. The van der Waals surface area contributed by atoms with Crippen LogP contribution < -0.4 is 5.32 Å². The zero-order valence-electron chi connectivity index (χ0n) is 12.5. The zero-order chi connectivity index (χ0) is 15.8. The highest BCUT2D eigenvalue weighted by molar-refractivity contribution is 5.94. The van der Waals surface area contributed by atoms with E-state index in [0.29, 0.717) is 18.2 Å². The standard InChI is InChI=1S/C18H16FN3O/c19-13-5-3-4-12(10-13)18(23)20-11-17-21-15-6-1-2-7-16(15)22(17)14-8-9-14/h1-7,10,14H,8-9,11H2,(H,20,23). The Labute approximate surface area is 133 Å². The lowest BCUT2D eigenvalue weighted by molar-refractivity contribution is 0.0949. The SMILES string of the molecule is O=C(NCc1nc2ccccc2n1C1CC1)c1cccc(F)c1. The molecule has 0 unspecified atom stereocenters. The third-order valence-electron chi connectivity index (χ3n) is 4.07. The number of amides is 1. The highest BCUT2D eigenvalue weighted by atomic mass is 19.1. The Kier molecular flexibility index (Phi) is 3.33. The van der Waals surface area contributed by atoms with E-state index in [2.05, 4.69) is 20.9 Å². The third kappa shape index (κ3) is 2.70. The number of carbonyl (C=O) groups excluding carboxylic acids is 1. The summed E-state index contributed by atoms with van der Waals surface area (Å²) >= 11 is 0. The van der Waals surface area contributed by atoms with Gasteiger partial charge in [-0.25, -0.2) is 9.37 Å². The molecule has 0 radical (unpaired) electrons. The summed E-state index contributed by atoms with van der Waals surface area (Å²) in [6, 6.07) is 14.2. The van der Waals surface area contributed by atoms with Crippen LogP contribution in [0, 0.1) is 5.82 Å². The summed E-state index contributed by atoms with van der Waals surface area (Å²) < 4.78 is 15.4. The molecule has 1 heterocycles. The molecule has 23 heavy (non-hydrogen) atoms. The first-order valence-corrected chi connectivity index (χ1v) is 7.72. The van der Waals surface area contributed by atoms with Crippen molar-refractivity contribution in [1.29, 1.82) is 0 Å². The number of benzene rings is 2. The molecule has 1 aliphatic carbocycles. The zero-order valence-corrected chi connectivity index (χ0v) is 12.5. The summed E-state index contributed by atoms with van der Waals surface area (Å²) in [5, 5.41) is 2.84. The van der Waals surface area contributed by atoms with Crippen LogP contribution >= 0.6 is 0 Å². The molecule has 5 heteroatoms. The van der Waals surface area contributed by atoms with Crippen molar-refractivity contribution in [2.45, 2.75) is 25.4 Å². The van der Waals surface area contributed by atoms with Gasteiger partial charge in [0.15, 0.2) is 0 Å². The van der Waals surface area contributed by atoms with Gasteiger partial charge in [-0.2, -0.15) is 0 Å². The van der Waals surface area contributed by atoms with Gasteiger partial charge in [0.05, 0.1) is 17.6 Å². The number of nitrogens with zero attached hydrogens (tertiary/aromatic N) is 2. The number of hydrogen-bond donors (Lipinski definition) is 1. The van der Waals surface area contributed by atoms with Gasteiger partial charge in [0.25, 0.3) is 5.91 Å². The molecular weight excluding hydrogens is 293 g/mol. The summed E-state index contributed by atoms with van der Waals surface area (Å²) in [6.45, 7) is 0.334. The maximum atomic E-state index is 13.2. The predicted molar refractivity (Wildman–Crippen MR) is 85.6 cm³/mol. The first-order valence-electron chi connectivity index (χ1n) is 7.72. The number of hydrogen-bond acceptors (Lipinski definition) is 2.